The summed E-state index contributed by atoms with van der Waals surface area (Å²) in [6, 6.07) is 4.58. The van der Waals surface area contributed by atoms with Crippen molar-refractivity contribution in [1.29, 1.82) is 0 Å². The highest BCUT2D eigenvalue weighted by Crippen LogP contribution is 2.01. The fourth-order valence-corrected chi connectivity index (χ4v) is 1.14. The van der Waals surface area contributed by atoms with Crippen LogP contribution in [0.25, 0.3) is 0 Å². The highest BCUT2D eigenvalue weighted by Gasteiger charge is 2.11. The maximum atomic E-state index is 11.6. The van der Waals surface area contributed by atoms with Crippen molar-refractivity contribution >= 4 is 11.9 Å². The van der Waals surface area contributed by atoms with E-state index in [0.717, 1.165) is 0 Å². The van der Waals surface area contributed by atoms with E-state index in [9.17, 15) is 9.59 Å². The summed E-state index contributed by atoms with van der Waals surface area (Å²) in [4.78, 5) is 26.7. The number of nitrogens with zero attached hydrogens (tertiary/aromatic N) is 1. The summed E-state index contributed by atoms with van der Waals surface area (Å²) in [7, 11) is 2.80. The Morgan fingerprint density at radius 3 is 2.65 bits per heavy atom. The second-order valence-corrected chi connectivity index (χ2v) is 3.15. The molecule has 0 fully saturated rings. The molecule has 92 valence electrons. The Kier molecular flexibility index (Phi) is 5.09. The monoisotopic (exact) mass is 238 g/mol. The van der Waals surface area contributed by atoms with Gasteiger partial charge in [0.25, 0.3) is 5.91 Å². The number of carbonyl (C=O) groups excluding carboxylic acids is 2. The van der Waals surface area contributed by atoms with E-state index in [0.29, 0.717) is 13.2 Å². The van der Waals surface area contributed by atoms with Crippen molar-refractivity contribution in [2.24, 2.45) is 0 Å². The molecule has 0 bridgehead atoms. The number of amides is 1. The van der Waals surface area contributed by atoms with Crippen molar-refractivity contribution in [3.8, 4) is 0 Å². The molecule has 0 saturated heterocycles. The van der Waals surface area contributed by atoms with E-state index in [1.807, 2.05) is 0 Å². The summed E-state index contributed by atoms with van der Waals surface area (Å²) in [5.74, 6) is -0.927. The zero-order valence-corrected chi connectivity index (χ0v) is 9.73. The third kappa shape index (κ3) is 3.84. The van der Waals surface area contributed by atoms with Crippen LogP contribution in [0.2, 0.25) is 0 Å². The Labute approximate surface area is 98.9 Å². The van der Waals surface area contributed by atoms with Gasteiger partial charge in [-0.1, -0.05) is 6.07 Å². The van der Waals surface area contributed by atoms with Crippen LogP contribution in [0.3, 0.4) is 0 Å². The normalized spacial score (nSPS) is 9.76. The molecule has 1 heterocycles. The van der Waals surface area contributed by atoms with E-state index in [2.05, 4.69) is 15.0 Å². The minimum Gasteiger partial charge on any atom is -0.464 e. The minimum atomic E-state index is -0.573. The molecule has 6 nitrogen and oxygen atoms in total. The van der Waals surface area contributed by atoms with E-state index in [1.54, 1.807) is 13.2 Å². The summed E-state index contributed by atoms with van der Waals surface area (Å²) in [5.41, 5.74) is 0.274. The topological polar surface area (TPSA) is 77.5 Å². The van der Waals surface area contributed by atoms with Crippen LogP contribution in [-0.2, 0) is 9.47 Å². The third-order valence-corrected chi connectivity index (χ3v) is 1.97. The van der Waals surface area contributed by atoms with Crippen LogP contribution in [0.15, 0.2) is 18.2 Å². The molecule has 0 aliphatic carbocycles. The fourth-order valence-electron chi connectivity index (χ4n) is 1.14. The lowest BCUT2D eigenvalue weighted by Crippen LogP contribution is -2.28. The molecule has 1 rings (SSSR count). The number of methoxy groups -OCH3 is 2. The van der Waals surface area contributed by atoms with Crippen LogP contribution in [0.5, 0.6) is 0 Å². The van der Waals surface area contributed by atoms with Crippen molar-refractivity contribution in [3.05, 3.63) is 29.6 Å². The Morgan fingerprint density at radius 1 is 1.29 bits per heavy atom. The number of carbonyl (C=O) groups is 2. The van der Waals surface area contributed by atoms with Crippen LogP contribution in [0.1, 0.15) is 21.0 Å². The van der Waals surface area contributed by atoms with Gasteiger partial charge in [0.2, 0.25) is 0 Å². The Bertz CT molecular complexity index is 406. The molecule has 0 radical (unpaired) electrons. The molecule has 0 atom stereocenters. The average Bonchev–Trinajstić information content (AvgIpc) is 2.38. The van der Waals surface area contributed by atoms with E-state index in [4.69, 9.17) is 4.74 Å². The van der Waals surface area contributed by atoms with E-state index in [1.165, 1.54) is 19.2 Å². The number of hydrogen-bond acceptors (Lipinski definition) is 5. The van der Waals surface area contributed by atoms with E-state index >= 15 is 0 Å². The van der Waals surface area contributed by atoms with Crippen molar-refractivity contribution in [3.63, 3.8) is 0 Å². The zero-order chi connectivity index (χ0) is 12.7. The first kappa shape index (κ1) is 13.1. The number of nitrogens with one attached hydrogen (secondary N) is 1. The van der Waals surface area contributed by atoms with E-state index in [-0.39, 0.29) is 17.3 Å². The van der Waals surface area contributed by atoms with Gasteiger partial charge in [-0.05, 0) is 12.1 Å². The van der Waals surface area contributed by atoms with E-state index < -0.39 is 5.97 Å². The molecule has 1 aromatic heterocycles. The SMILES string of the molecule is COCCNC(=O)c1cccc(C(=O)OC)n1. The molecule has 0 spiro atoms. The summed E-state index contributed by atoms with van der Waals surface area (Å²) in [6.45, 7) is 0.807. The Morgan fingerprint density at radius 2 is 2.00 bits per heavy atom. The smallest absolute Gasteiger partial charge is 0.356 e. The van der Waals surface area contributed by atoms with Crippen molar-refractivity contribution in [2.75, 3.05) is 27.4 Å². The van der Waals surface area contributed by atoms with Crippen LogP contribution >= 0.6 is 0 Å². The number of rotatable bonds is 5. The van der Waals surface area contributed by atoms with Crippen molar-refractivity contribution in [1.82, 2.24) is 10.3 Å². The minimum absolute atomic E-state index is 0.104. The molecule has 0 aliphatic rings. The third-order valence-electron chi connectivity index (χ3n) is 1.97. The van der Waals surface area contributed by atoms with Crippen molar-refractivity contribution < 1.29 is 19.1 Å². The van der Waals surface area contributed by atoms with Gasteiger partial charge < -0.3 is 14.8 Å². The molecule has 0 unspecified atom stereocenters. The lowest BCUT2D eigenvalue weighted by atomic mass is 10.3. The summed E-state index contributed by atoms with van der Waals surface area (Å²) in [6.07, 6.45) is 0. The van der Waals surface area contributed by atoms with Crippen LogP contribution in [0, 0.1) is 0 Å². The maximum absolute atomic E-state index is 11.6. The number of pyridine rings is 1. The highest BCUT2D eigenvalue weighted by atomic mass is 16.5. The average molecular weight is 238 g/mol. The van der Waals surface area contributed by atoms with Gasteiger partial charge in [0, 0.05) is 13.7 Å². The number of esters is 1. The van der Waals surface area contributed by atoms with Gasteiger partial charge in [-0.2, -0.15) is 0 Å². The van der Waals surface area contributed by atoms with Crippen LogP contribution < -0.4 is 5.32 Å². The first-order valence-corrected chi connectivity index (χ1v) is 5.01. The molecule has 1 aromatic rings. The Hall–Kier alpha value is -1.95. The first-order chi connectivity index (χ1) is 8.19. The molecule has 6 heteroatoms. The maximum Gasteiger partial charge on any atom is 0.356 e. The predicted octanol–water partition coefficient (Wildman–Crippen LogP) is 0.244. The predicted molar refractivity (Wildman–Crippen MR) is 59.8 cm³/mol. The second-order valence-electron chi connectivity index (χ2n) is 3.15. The summed E-state index contributed by atoms with van der Waals surface area (Å²) in [5, 5.41) is 2.61. The standard InChI is InChI=1S/C11H14N2O4/c1-16-7-6-12-10(14)8-4-3-5-9(13-8)11(15)17-2/h3-5H,6-7H2,1-2H3,(H,12,14). The highest BCUT2D eigenvalue weighted by molar-refractivity contribution is 5.94. The molecule has 0 aromatic carbocycles. The van der Waals surface area contributed by atoms with Gasteiger partial charge in [0.1, 0.15) is 11.4 Å². The van der Waals surface area contributed by atoms with Crippen LogP contribution in [-0.4, -0.2) is 44.2 Å². The number of hydrogen-bond donors (Lipinski definition) is 1. The molecule has 1 amide bonds. The Balaban J connectivity index is 2.70. The van der Waals surface area contributed by atoms with Gasteiger partial charge >= 0.3 is 5.97 Å². The number of aromatic nitrogens is 1. The molecule has 0 saturated carbocycles. The largest absolute Gasteiger partial charge is 0.464 e. The zero-order valence-electron chi connectivity index (χ0n) is 9.73. The van der Waals surface area contributed by atoms with Crippen LogP contribution in [0.4, 0.5) is 0 Å². The fraction of sp³-hybridized carbons (Fsp3) is 0.364. The molecule has 0 aliphatic heterocycles. The molecular formula is C11H14N2O4. The van der Waals surface area contributed by atoms with Gasteiger partial charge in [0.15, 0.2) is 0 Å². The first-order valence-electron chi connectivity index (χ1n) is 5.01. The van der Waals surface area contributed by atoms with Gasteiger partial charge in [-0.25, -0.2) is 9.78 Å². The number of ether oxygens (including phenoxy) is 2. The van der Waals surface area contributed by atoms with Gasteiger partial charge in [0.05, 0.1) is 13.7 Å². The quantitative estimate of drug-likeness (QED) is 0.587. The summed E-state index contributed by atoms with van der Waals surface area (Å²) >= 11 is 0. The lowest BCUT2D eigenvalue weighted by Gasteiger charge is -2.04. The summed E-state index contributed by atoms with van der Waals surface area (Å²) < 4.78 is 9.31. The van der Waals surface area contributed by atoms with Crippen molar-refractivity contribution in [2.45, 2.75) is 0 Å². The second kappa shape index (κ2) is 6.59. The molecule has 1 N–H and O–H groups in total. The molecular weight excluding hydrogens is 224 g/mol. The van der Waals surface area contributed by atoms with Gasteiger partial charge in [-0.15, -0.1) is 0 Å². The lowest BCUT2D eigenvalue weighted by molar-refractivity contribution is 0.0594. The van der Waals surface area contributed by atoms with Gasteiger partial charge in [-0.3, -0.25) is 4.79 Å². The molecule has 17 heavy (non-hydrogen) atoms.